The molecule has 0 saturated heterocycles. The van der Waals surface area contributed by atoms with Crippen molar-refractivity contribution in [3.63, 3.8) is 0 Å². The van der Waals surface area contributed by atoms with Crippen LogP contribution in [0.4, 0.5) is 0 Å². The van der Waals surface area contributed by atoms with Crippen molar-refractivity contribution in [2.75, 3.05) is 21.3 Å². The quantitative estimate of drug-likeness (QED) is 0.882. The molecule has 0 aromatic heterocycles. The molecule has 21 heavy (non-hydrogen) atoms. The first kappa shape index (κ1) is 16.2. The van der Waals surface area contributed by atoms with Crippen molar-refractivity contribution in [2.24, 2.45) is 11.3 Å². The molecule has 1 aliphatic carbocycles. The minimum Gasteiger partial charge on any atom is -0.497 e. The highest BCUT2D eigenvalue weighted by Gasteiger charge is 2.38. The van der Waals surface area contributed by atoms with Crippen LogP contribution in [0.15, 0.2) is 18.2 Å². The van der Waals surface area contributed by atoms with Crippen LogP contribution in [0.5, 0.6) is 11.5 Å². The van der Waals surface area contributed by atoms with E-state index in [4.69, 9.17) is 9.47 Å². The number of nitrogens with one attached hydrogen (secondary N) is 1. The minimum absolute atomic E-state index is 0.297. The summed E-state index contributed by atoms with van der Waals surface area (Å²) in [5.41, 5.74) is 1.55. The molecule has 0 radical (unpaired) electrons. The van der Waals surface area contributed by atoms with Crippen LogP contribution in [-0.4, -0.2) is 21.3 Å². The zero-order chi connectivity index (χ0) is 15.5. The lowest BCUT2D eigenvalue weighted by molar-refractivity contribution is 0.100. The second kappa shape index (κ2) is 6.69. The number of hydrogen-bond donors (Lipinski definition) is 1. The first-order chi connectivity index (χ1) is 10.0. The summed E-state index contributed by atoms with van der Waals surface area (Å²) in [5, 5.41) is 3.53. The molecule has 0 aliphatic heterocycles. The van der Waals surface area contributed by atoms with E-state index in [1.165, 1.54) is 31.2 Å². The maximum Gasteiger partial charge on any atom is 0.123 e. The molecule has 3 heteroatoms. The van der Waals surface area contributed by atoms with Gasteiger partial charge in [-0.15, -0.1) is 0 Å². The second-order valence-corrected chi connectivity index (χ2v) is 6.72. The van der Waals surface area contributed by atoms with Crippen LogP contribution < -0.4 is 14.8 Å². The van der Waals surface area contributed by atoms with Crippen LogP contribution in [0, 0.1) is 11.3 Å². The second-order valence-electron chi connectivity index (χ2n) is 6.72. The summed E-state index contributed by atoms with van der Waals surface area (Å²) in [6, 6.07) is 6.38. The third-order valence-corrected chi connectivity index (χ3v) is 5.08. The van der Waals surface area contributed by atoms with Gasteiger partial charge in [0.05, 0.1) is 14.2 Å². The zero-order valence-corrected chi connectivity index (χ0v) is 14.0. The lowest BCUT2D eigenvalue weighted by Gasteiger charge is -2.43. The molecule has 0 bridgehead atoms. The third-order valence-electron chi connectivity index (χ3n) is 5.08. The van der Waals surface area contributed by atoms with Gasteiger partial charge in [-0.1, -0.05) is 26.7 Å². The van der Waals surface area contributed by atoms with E-state index < -0.39 is 0 Å². The summed E-state index contributed by atoms with van der Waals surface area (Å²) in [7, 11) is 5.50. The fourth-order valence-corrected chi connectivity index (χ4v) is 3.79. The van der Waals surface area contributed by atoms with Crippen LogP contribution in [0.3, 0.4) is 0 Å². The molecule has 0 amide bonds. The summed E-state index contributed by atoms with van der Waals surface area (Å²) in [4.78, 5) is 0. The fraction of sp³-hybridized carbons (Fsp3) is 0.667. The maximum atomic E-state index is 5.59. The normalized spacial score (nSPS) is 22.6. The average molecular weight is 291 g/mol. The van der Waals surface area contributed by atoms with Crippen LogP contribution in [-0.2, 0) is 0 Å². The van der Waals surface area contributed by atoms with Crippen molar-refractivity contribution in [3.8, 4) is 11.5 Å². The minimum atomic E-state index is 0.297. The number of rotatable bonds is 5. The van der Waals surface area contributed by atoms with Crippen molar-refractivity contribution in [3.05, 3.63) is 23.8 Å². The van der Waals surface area contributed by atoms with E-state index in [9.17, 15) is 0 Å². The Morgan fingerprint density at radius 1 is 1.19 bits per heavy atom. The van der Waals surface area contributed by atoms with Gasteiger partial charge in [0, 0.05) is 11.6 Å². The van der Waals surface area contributed by atoms with Gasteiger partial charge in [-0.2, -0.15) is 0 Å². The molecular weight excluding hydrogens is 262 g/mol. The Morgan fingerprint density at radius 2 is 1.95 bits per heavy atom. The lowest BCUT2D eigenvalue weighted by atomic mass is 9.64. The molecule has 2 rings (SSSR count). The van der Waals surface area contributed by atoms with Gasteiger partial charge in [-0.05, 0) is 49.4 Å². The standard InChI is InChI=1S/C18H29NO2/c1-18(2)11-7-6-8-15(18)17(19-3)14-12-13(20-4)9-10-16(14)21-5/h9-10,12,15,17,19H,6-8,11H2,1-5H3. The van der Waals surface area contributed by atoms with E-state index in [-0.39, 0.29) is 0 Å². The molecule has 1 aromatic rings. The topological polar surface area (TPSA) is 30.5 Å². The molecule has 1 N–H and O–H groups in total. The Morgan fingerprint density at radius 3 is 2.52 bits per heavy atom. The predicted octanol–water partition coefficient (Wildman–Crippen LogP) is 4.18. The van der Waals surface area contributed by atoms with E-state index in [0.717, 1.165) is 11.5 Å². The Balaban J connectivity index is 2.40. The van der Waals surface area contributed by atoms with Gasteiger partial charge in [0.15, 0.2) is 0 Å². The lowest BCUT2D eigenvalue weighted by Crippen LogP contribution is -2.38. The first-order valence-corrected chi connectivity index (χ1v) is 7.92. The Hall–Kier alpha value is -1.22. The maximum absolute atomic E-state index is 5.59. The molecule has 118 valence electrons. The van der Waals surface area contributed by atoms with Crippen molar-refractivity contribution in [1.29, 1.82) is 0 Å². The van der Waals surface area contributed by atoms with Crippen molar-refractivity contribution in [2.45, 2.75) is 45.6 Å². The van der Waals surface area contributed by atoms with Gasteiger partial charge >= 0.3 is 0 Å². The molecule has 1 fully saturated rings. The summed E-state index contributed by atoms with van der Waals surface area (Å²) in [6.07, 6.45) is 5.22. The van der Waals surface area contributed by atoms with Gasteiger partial charge in [0.25, 0.3) is 0 Å². The van der Waals surface area contributed by atoms with Crippen LogP contribution in [0.2, 0.25) is 0 Å². The Labute approximate surface area is 129 Å². The summed E-state index contributed by atoms with van der Waals surface area (Å²) in [6.45, 7) is 4.79. The van der Waals surface area contributed by atoms with Crippen molar-refractivity contribution in [1.82, 2.24) is 5.32 Å². The van der Waals surface area contributed by atoms with Gasteiger partial charge < -0.3 is 14.8 Å². The smallest absolute Gasteiger partial charge is 0.123 e. The number of ether oxygens (including phenoxy) is 2. The van der Waals surface area contributed by atoms with Gasteiger partial charge in [-0.3, -0.25) is 0 Å². The Kier molecular flexibility index (Phi) is 5.15. The fourth-order valence-electron chi connectivity index (χ4n) is 3.79. The first-order valence-electron chi connectivity index (χ1n) is 7.92. The van der Waals surface area contributed by atoms with Crippen molar-refractivity contribution < 1.29 is 9.47 Å². The largest absolute Gasteiger partial charge is 0.497 e. The summed E-state index contributed by atoms with van der Waals surface area (Å²) >= 11 is 0. The van der Waals surface area contributed by atoms with E-state index in [2.05, 4.69) is 25.2 Å². The molecule has 2 unspecified atom stereocenters. The van der Waals surface area contributed by atoms with E-state index >= 15 is 0 Å². The summed E-state index contributed by atoms with van der Waals surface area (Å²) in [5.74, 6) is 2.44. The molecule has 1 saturated carbocycles. The average Bonchev–Trinajstić information content (AvgIpc) is 2.49. The molecule has 1 aromatic carbocycles. The van der Waals surface area contributed by atoms with Crippen molar-refractivity contribution >= 4 is 0 Å². The number of hydrogen-bond acceptors (Lipinski definition) is 3. The van der Waals surface area contributed by atoms with Crippen LogP contribution in [0.1, 0.15) is 51.1 Å². The summed E-state index contributed by atoms with van der Waals surface area (Å²) < 4.78 is 11.0. The Bertz CT molecular complexity index is 470. The molecule has 2 atom stereocenters. The van der Waals surface area contributed by atoms with Crippen LogP contribution in [0.25, 0.3) is 0 Å². The molecule has 1 aliphatic rings. The number of benzene rings is 1. The van der Waals surface area contributed by atoms with E-state index in [1.807, 2.05) is 19.2 Å². The predicted molar refractivity (Wildman–Crippen MR) is 87.1 cm³/mol. The third kappa shape index (κ3) is 3.34. The SMILES string of the molecule is CNC(c1cc(OC)ccc1OC)C1CCCCC1(C)C. The van der Waals surface area contributed by atoms with Gasteiger partial charge in [-0.25, -0.2) is 0 Å². The van der Waals surface area contributed by atoms with Gasteiger partial charge in [0.2, 0.25) is 0 Å². The number of methoxy groups -OCH3 is 2. The molecular formula is C18H29NO2. The molecule has 0 heterocycles. The molecule has 3 nitrogen and oxygen atoms in total. The highest BCUT2D eigenvalue weighted by Crippen LogP contribution is 2.48. The van der Waals surface area contributed by atoms with Crippen LogP contribution >= 0.6 is 0 Å². The highest BCUT2D eigenvalue weighted by atomic mass is 16.5. The monoisotopic (exact) mass is 291 g/mol. The zero-order valence-electron chi connectivity index (χ0n) is 14.0. The van der Waals surface area contributed by atoms with E-state index in [0.29, 0.717) is 17.4 Å². The molecule has 0 spiro atoms. The highest BCUT2D eigenvalue weighted by molar-refractivity contribution is 5.42. The van der Waals surface area contributed by atoms with Gasteiger partial charge in [0.1, 0.15) is 11.5 Å². The van der Waals surface area contributed by atoms with E-state index in [1.54, 1.807) is 14.2 Å².